The van der Waals surface area contributed by atoms with Gasteiger partial charge < -0.3 is 10.5 Å². The molecule has 0 spiro atoms. The van der Waals surface area contributed by atoms with Crippen LogP contribution in [0.25, 0.3) is 0 Å². The van der Waals surface area contributed by atoms with Crippen LogP contribution in [0.4, 0.5) is 0 Å². The number of aromatic nitrogens is 1. The van der Waals surface area contributed by atoms with E-state index in [0.29, 0.717) is 6.04 Å². The molecular weight excluding hydrogens is 226 g/mol. The third-order valence-electron chi connectivity index (χ3n) is 2.96. The Balaban J connectivity index is 2.76. The molecule has 4 nitrogen and oxygen atoms in total. The number of ether oxygens (including phenoxy) is 1. The maximum Gasteiger partial charge on any atom is 0.122 e. The lowest BCUT2D eigenvalue weighted by atomic mass is 10.2. The Morgan fingerprint density at radius 2 is 2.11 bits per heavy atom. The smallest absolute Gasteiger partial charge is 0.122 e. The van der Waals surface area contributed by atoms with Crippen molar-refractivity contribution in [1.82, 2.24) is 9.88 Å². The van der Waals surface area contributed by atoms with E-state index in [0.717, 1.165) is 43.2 Å². The van der Waals surface area contributed by atoms with Crippen LogP contribution in [0.15, 0.2) is 12.1 Å². The fraction of sp³-hybridized carbons (Fsp3) is 0.643. The topological polar surface area (TPSA) is 51.4 Å². The van der Waals surface area contributed by atoms with Gasteiger partial charge in [0, 0.05) is 37.0 Å². The van der Waals surface area contributed by atoms with E-state index in [1.54, 1.807) is 7.11 Å². The van der Waals surface area contributed by atoms with Crippen LogP contribution < -0.4 is 10.5 Å². The highest BCUT2D eigenvalue weighted by Gasteiger charge is 2.11. The average Bonchev–Trinajstić information content (AvgIpc) is 2.33. The molecule has 0 unspecified atom stereocenters. The monoisotopic (exact) mass is 251 g/mol. The summed E-state index contributed by atoms with van der Waals surface area (Å²) in [5, 5.41) is 0. The van der Waals surface area contributed by atoms with Crippen LogP contribution in [0.3, 0.4) is 0 Å². The normalized spacial score (nSPS) is 11.3. The van der Waals surface area contributed by atoms with Crippen molar-refractivity contribution in [3.05, 3.63) is 23.5 Å². The van der Waals surface area contributed by atoms with E-state index in [1.165, 1.54) is 0 Å². The molecule has 0 aliphatic carbocycles. The standard InChI is InChI=1S/C14H25N3O/c1-11(2)17(7-5-6-15)10-13-9-14(18-4)8-12(3)16-13/h8-9,11H,5-7,10,15H2,1-4H3. The molecule has 18 heavy (non-hydrogen) atoms. The highest BCUT2D eigenvalue weighted by atomic mass is 16.5. The van der Waals surface area contributed by atoms with E-state index in [4.69, 9.17) is 10.5 Å². The fourth-order valence-electron chi connectivity index (χ4n) is 1.92. The number of pyridine rings is 1. The quantitative estimate of drug-likeness (QED) is 0.805. The Labute approximate surface area is 110 Å². The molecule has 0 radical (unpaired) electrons. The number of nitrogens with zero attached hydrogens (tertiary/aromatic N) is 2. The van der Waals surface area contributed by atoms with Gasteiger partial charge in [-0.05, 0) is 33.7 Å². The van der Waals surface area contributed by atoms with E-state index in [1.807, 2.05) is 19.1 Å². The summed E-state index contributed by atoms with van der Waals surface area (Å²) < 4.78 is 5.28. The first-order valence-corrected chi connectivity index (χ1v) is 6.52. The summed E-state index contributed by atoms with van der Waals surface area (Å²) in [5.74, 6) is 0.875. The van der Waals surface area contributed by atoms with E-state index in [9.17, 15) is 0 Å². The highest BCUT2D eigenvalue weighted by molar-refractivity contribution is 5.26. The predicted molar refractivity (Wildman–Crippen MR) is 74.7 cm³/mol. The molecule has 1 aromatic rings. The molecule has 102 valence electrons. The van der Waals surface area contributed by atoms with Crippen LogP contribution in [0.2, 0.25) is 0 Å². The summed E-state index contributed by atoms with van der Waals surface area (Å²) in [6, 6.07) is 4.44. The second-order valence-electron chi connectivity index (χ2n) is 4.85. The van der Waals surface area contributed by atoms with Gasteiger partial charge in [-0.2, -0.15) is 0 Å². The molecule has 1 aromatic heterocycles. The molecular formula is C14H25N3O. The van der Waals surface area contributed by atoms with Gasteiger partial charge in [-0.3, -0.25) is 9.88 Å². The van der Waals surface area contributed by atoms with Gasteiger partial charge in [-0.1, -0.05) is 0 Å². The minimum Gasteiger partial charge on any atom is -0.497 e. The zero-order chi connectivity index (χ0) is 13.5. The van der Waals surface area contributed by atoms with Gasteiger partial charge in [0.05, 0.1) is 12.8 Å². The zero-order valence-corrected chi connectivity index (χ0v) is 11.9. The van der Waals surface area contributed by atoms with Crippen molar-refractivity contribution in [3.63, 3.8) is 0 Å². The summed E-state index contributed by atoms with van der Waals surface area (Å²) >= 11 is 0. The van der Waals surface area contributed by atoms with Crippen molar-refractivity contribution in [2.24, 2.45) is 5.73 Å². The van der Waals surface area contributed by atoms with Crippen molar-refractivity contribution >= 4 is 0 Å². The van der Waals surface area contributed by atoms with Crippen LogP contribution in [0.5, 0.6) is 5.75 Å². The SMILES string of the molecule is COc1cc(C)nc(CN(CCCN)C(C)C)c1. The Morgan fingerprint density at radius 3 is 2.67 bits per heavy atom. The second-order valence-corrected chi connectivity index (χ2v) is 4.85. The molecule has 0 aromatic carbocycles. The Hall–Kier alpha value is -1.13. The van der Waals surface area contributed by atoms with Crippen LogP contribution in [-0.2, 0) is 6.54 Å². The molecule has 0 saturated heterocycles. The predicted octanol–water partition coefficient (Wildman–Crippen LogP) is 1.96. The van der Waals surface area contributed by atoms with Crippen LogP contribution in [0.1, 0.15) is 31.7 Å². The molecule has 0 aliphatic heterocycles. The lowest BCUT2D eigenvalue weighted by Crippen LogP contribution is -2.32. The molecule has 0 atom stereocenters. The molecule has 0 saturated carbocycles. The summed E-state index contributed by atoms with van der Waals surface area (Å²) in [5.41, 5.74) is 7.62. The van der Waals surface area contributed by atoms with E-state index >= 15 is 0 Å². The fourth-order valence-corrected chi connectivity index (χ4v) is 1.92. The minimum absolute atomic E-state index is 0.491. The molecule has 1 rings (SSSR count). The molecule has 0 bridgehead atoms. The second kappa shape index (κ2) is 7.34. The first-order chi connectivity index (χ1) is 8.56. The summed E-state index contributed by atoms with van der Waals surface area (Å²) in [4.78, 5) is 6.94. The van der Waals surface area contributed by atoms with Crippen LogP contribution in [-0.4, -0.2) is 36.1 Å². The van der Waals surface area contributed by atoms with Gasteiger partial charge in [0.2, 0.25) is 0 Å². The first-order valence-electron chi connectivity index (χ1n) is 6.52. The van der Waals surface area contributed by atoms with Gasteiger partial charge in [0.15, 0.2) is 0 Å². The molecule has 4 heteroatoms. The van der Waals surface area contributed by atoms with Crippen molar-refractivity contribution < 1.29 is 4.74 Å². The van der Waals surface area contributed by atoms with E-state index in [-0.39, 0.29) is 0 Å². The van der Waals surface area contributed by atoms with E-state index < -0.39 is 0 Å². The third-order valence-corrected chi connectivity index (χ3v) is 2.96. The van der Waals surface area contributed by atoms with Crippen LogP contribution >= 0.6 is 0 Å². The Kier molecular flexibility index (Phi) is 6.09. The Bertz CT molecular complexity index is 366. The van der Waals surface area contributed by atoms with Gasteiger partial charge in [-0.25, -0.2) is 0 Å². The number of rotatable bonds is 7. The largest absolute Gasteiger partial charge is 0.497 e. The van der Waals surface area contributed by atoms with Crippen molar-refractivity contribution in [3.8, 4) is 5.75 Å². The van der Waals surface area contributed by atoms with Crippen LogP contribution in [0, 0.1) is 6.92 Å². The minimum atomic E-state index is 0.491. The number of aryl methyl sites for hydroxylation is 1. The summed E-state index contributed by atoms with van der Waals surface area (Å²) in [7, 11) is 1.69. The van der Waals surface area contributed by atoms with Gasteiger partial charge in [0.25, 0.3) is 0 Å². The molecule has 2 N–H and O–H groups in total. The maximum absolute atomic E-state index is 5.58. The molecule has 1 heterocycles. The highest BCUT2D eigenvalue weighted by Crippen LogP contribution is 2.15. The third kappa shape index (κ3) is 4.63. The van der Waals surface area contributed by atoms with Gasteiger partial charge >= 0.3 is 0 Å². The van der Waals surface area contributed by atoms with E-state index in [2.05, 4.69) is 23.7 Å². The summed E-state index contributed by atoms with van der Waals surface area (Å²) in [6.07, 6.45) is 1.02. The van der Waals surface area contributed by atoms with Crippen molar-refractivity contribution in [2.45, 2.75) is 39.8 Å². The lowest BCUT2D eigenvalue weighted by Gasteiger charge is -2.26. The molecule has 0 amide bonds. The maximum atomic E-state index is 5.58. The zero-order valence-electron chi connectivity index (χ0n) is 11.9. The molecule has 0 aliphatic rings. The lowest BCUT2D eigenvalue weighted by molar-refractivity contribution is 0.208. The number of nitrogens with two attached hydrogens (primary N) is 1. The average molecular weight is 251 g/mol. The van der Waals surface area contributed by atoms with Crippen molar-refractivity contribution in [1.29, 1.82) is 0 Å². The molecule has 0 fully saturated rings. The number of hydrogen-bond donors (Lipinski definition) is 1. The number of hydrogen-bond acceptors (Lipinski definition) is 4. The summed E-state index contributed by atoms with van der Waals surface area (Å²) in [6.45, 7) is 8.97. The van der Waals surface area contributed by atoms with Gasteiger partial charge in [0.1, 0.15) is 5.75 Å². The Morgan fingerprint density at radius 1 is 1.39 bits per heavy atom. The van der Waals surface area contributed by atoms with Gasteiger partial charge in [-0.15, -0.1) is 0 Å². The first kappa shape index (κ1) is 14.9. The van der Waals surface area contributed by atoms with Crippen molar-refractivity contribution in [2.75, 3.05) is 20.2 Å². The number of methoxy groups -OCH3 is 1.